The number of carbonyl (C=O) groups excluding carboxylic acids is 1. The predicted molar refractivity (Wildman–Crippen MR) is 66.1 cm³/mol. The van der Waals surface area contributed by atoms with Gasteiger partial charge >= 0.3 is 12.1 Å². The fourth-order valence-electron chi connectivity index (χ4n) is 2.59. The summed E-state index contributed by atoms with van der Waals surface area (Å²) in [5.74, 6) is -0.829. The van der Waals surface area contributed by atoms with E-state index >= 15 is 0 Å². The first-order valence-corrected chi connectivity index (χ1v) is 7.14. The summed E-state index contributed by atoms with van der Waals surface area (Å²) in [4.78, 5) is 9.39. The van der Waals surface area contributed by atoms with E-state index in [-0.39, 0.29) is 13.2 Å². The first-order chi connectivity index (χ1) is 8.99. The van der Waals surface area contributed by atoms with Crippen LogP contribution in [-0.4, -0.2) is 46.2 Å². The maximum Gasteiger partial charge on any atom is 0.427 e. The quantitative estimate of drug-likeness (QED) is 0.791. The van der Waals surface area contributed by atoms with Crippen molar-refractivity contribution in [2.45, 2.75) is 49.2 Å². The fourth-order valence-corrected chi connectivity index (χ4v) is 4.29. The lowest BCUT2D eigenvalue weighted by Gasteiger charge is -2.47. The molecule has 1 N–H and O–H groups in total. The highest BCUT2D eigenvalue weighted by Crippen LogP contribution is 2.64. The molecule has 20 heavy (non-hydrogen) atoms. The average Bonchev–Trinajstić information content (AvgIpc) is 2.58. The fraction of sp³-hybridized carbons (Fsp3) is 0.917. The van der Waals surface area contributed by atoms with Crippen molar-refractivity contribution in [1.82, 2.24) is 0 Å². The number of fused-ring (bicyclic) bond motifs is 2. The lowest BCUT2D eigenvalue weighted by Crippen LogP contribution is -2.60. The molecule has 116 valence electrons. The predicted octanol–water partition coefficient (Wildman–Crippen LogP) is 2.10. The number of esters is 1. The minimum Gasteiger partial charge on any atom is -0.465 e. The molecular weight excluding hydrogens is 297 g/mol. The molecule has 0 aromatic carbocycles. The van der Waals surface area contributed by atoms with Crippen molar-refractivity contribution >= 4 is 17.7 Å². The molecule has 0 amide bonds. The van der Waals surface area contributed by atoms with Crippen LogP contribution in [0.3, 0.4) is 0 Å². The number of rotatable bonds is 2. The van der Waals surface area contributed by atoms with Crippen molar-refractivity contribution in [2.24, 2.45) is 5.41 Å². The lowest BCUT2D eigenvalue weighted by molar-refractivity contribution is -0.287. The molecule has 4 nitrogen and oxygen atoms in total. The standard InChI is InChI=1S/C12H17F3O4S/c1-4-18-8(16)7-10(17)5-11(20-7,12(13,14)15)19-6-9(10,2)3/h7,17H,4-6H2,1-3H3/t7-,10-,11+/m0/s1. The summed E-state index contributed by atoms with van der Waals surface area (Å²) in [5.41, 5.74) is -2.78. The zero-order valence-electron chi connectivity index (χ0n) is 11.4. The Balaban J connectivity index is 2.43. The summed E-state index contributed by atoms with van der Waals surface area (Å²) in [6, 6.07) is 0. The van der Waals surface area contributed by atoms with Gasteiger partial charge in [0.1, 0.15) is 5.25 Å². The molecule has 0 aromatic heterocycles. The van der Waals surface area contributed by atoms with E-state index < -0.39 is 39.8 Å². The van der Waals surface area contributed by atoms with Gasteiger partial charge in [0.05, 0.1) is 18.8 Å². The number of alkyl halides is 3. The third-order valence-electron chi connectivity index (χ3n) is 4.01. The first kappa shape index (κ1) is 15.9. The molecular formula is C12H17F3O4S. The van der Waals surface area contributed by atoms with Crippen LogP contribution < -0.4 is 0 Å². The molecule has 3 atom stereocenters. The van der Waals surface area contributed by atoms with Crippen LogP contribution in [0.15, 0.2) is 0 Å². The van der Waals surface area contributed by atoms with E-state index in [2.05, 4.69) is 0 Å². The van der Waals surface area contributed by atoms with Crippen LogP contribution >= 0.6 is 11.8 Å². The summed E-state index contributed by atoms with van der Waals surface area (Å²) >= 11 is 0.313. The molecule has 8 heteroatoms. The number of thioether (sulfide) groups is 1. The van der Waals surface area contributed by atoms with Crippen molar-refractivity contribution in [3.05, 3.63) is 0 Å². The van der Waals surface area contributed by atoms with Gasteiger partial charge in [-0.15, -0.1) is 0 Å². The Labute approximate surface area is 119 Å². The van der Waals surface area contributed by atoms with Gasteiger partial charge in [-0.2, -0.15) is 13.2 Å². The molecule has 2 heterocycles. The summed E-state index contributed by atoms with van der Waals surface area (Å²) in [6.07, 6.45) is -5.33. The first-order valence-electron chi connectivity index (χ1n) is 6.27. The number of hydrogen-bond acceptors (Lipinski definition) is 5. The molecule has 2 rings (SSSR count). The van der Waals surface area contributed by atoms with E-state index in [1.54, 1.807) is 20.8 Å². The Morgan fingerprint density at radius 1 is 1.50 bits per heavy atom. The molecule has 2 aliphatic heterocycles. The van der Waals surface area contributed by atoms with Crippen LogP contribution in [0.1, 0.15) is 27.2 Å². The van der Waals surface area contributed by atoms with E-state index in [1.807, 2.05) is 0 Å². The number of carbonyl (C=O) groups is 1. The molecule has 0 radical (unpaired) electrons. The average molecular weight is 314 g/mol. The highest BCUT2D eigenvalue weighted by Gasteiger charge is 2.75. The van der Waals surface area contributed by atoms with Crippen molar-refractivity contribution < 1.29 is 32.5 Å². The van der Waals surface area contributed by atoms with Gasteiger partial charge < -0.3 is 14.6 Å². The second-order valence-electron chi connectivity index (χ2n) is 5.77. The maximum atomic E-state index is 13.3. The van der Waals surface area contributed by atoms with E-state index in [9.17, 15) is 23.1 Å². The molecule has 0 unspecified atom stereocenters. The van der Waals surface area contributed by atoms with Gasteiger partial charge in [0.15, 0.2) is 0 Å². The van der Waals surface area contributed by atoms with Crippen molar-refractivity contribution in [3.8, 4) is 0 Å². The van der Waals surface area contributed by atoms with Crippen molar-refractivity contribution in [1.29, 1.82) is 0 Å². The van der Waals surface area contributed by atoms with Crippen LogP contribution in [0.5, 0.6) is 0 Å². The highest BCUT2D eigenvalue weighted by molar-refractivity contribution is 8.02. The minimum absolute atomic E-state index is 0.0479. The number of halogens is 3. The molecule has 2 bridgehead atoms. The third kappa shape index (κ3) is 2.03. The normalized spacial score (nSPS) is 39.6. The Hall–Kier alpha value is -0.470. The van der Waals surface area contributed by atoms with Crippen LogP contribution in [0.25, 0.3) is 0 Å². The lowest BCUT2D eigenvalue weighted by atomic mass is 9.68. The third-order valence-corrected chi connectivity index (χ3v) is 5.71. The van der Waals surface area contributed by atoms with Crippen LogP contribution in [-0.2, 0) is 14.3 Å². The highest BCUT2D eigenvalue weighted by atomic mass is 32.2. The van der Waals surface area contributed by atoms with Gasteiger partial charge in [-0.1, -0.05) is 25.6 Å². The van der Waals surface area contributed by atoms with Crippen molar-refractivity contribution in [2.75, 3.05) is 13.2 Å². The summed E-state index contributed by atoms with van der Waals surface area (Å²) in [6.45, 7) is 4.52. The second kappa shape index (κ2) is 4.51. The number of ether oxygens (including phenoxy) is 2. The molecule has 2 fully saturated rings. The van der Waals surface area contributed by atoms with E-state index in [0.29, 0.717) is 11.8 Å². The molecule has 0 aliphatic carbocycles. The molecule has 2 aliphatic rings. The number of aliphatic hydroxyl groups is 1. The van der Waals surface area contributed by atoms with Gasteiger partial charge in [0.2, 0.25) is 4.93 Å². The van der Waals surface area contributed by atoms with E-state index in [4.69, 9.17) is 9.47 Å². The van der Waals surface area contributed by atoms with Gasteiger partial charge in [-0.05, 0) is 6.92 Å². The van der Waals surface area contributed by atoms with E-state index in [0.717, 1.165) is 0 Å². The van der Waals surface area contributed by atoms with Gasteiger partial charge in [-0.3, -0.25) is 4.79 Å². The largest absolute Gasteiger partial charge is 0.465 e. The molecule has 0 aromatic rings. The zero-order valence-corrected chi connectivity index (χ0v) is 12.2. The van der Waals surface area contributed by atoms with Gasteiger partial charge in [-0.25, -0.2) is 0 Å². The summed E-state index contributed by atoms with van der Waals surface area (Å²) in [7, 11) is 0. The Morgan fingerprint density at radius 3 is 2.60 bits per heavy atom. The monoisotopic (exact) mass is 314 g/mol. The minimum atomic E-state index is -4.66. The summed E-state index contributed by atoms with van der Waals surface area (Å²) in [5, 5.41) is 9.43. The Morgan fingerprint density at radius 2 is 2.10 bits per heavy atom. The van der Waals surface area contributed by atoms with Crippen LogP contribution in [0, 0.1) is 5.41 Å². The SMILES string of the molecule is CCOC(=O)[C@@H]1S[C@@]2(C(F)(F)F)C[C@@]1(O)C(C)(C)CO2. The zero-order chi connectivity index (χ0) is 15.4. The van der Waals surface area contributed by atoms with Gasteiger partial charge in [0, 0.05) is 11.8 Å². The summed E-state index contributed by atoms with van der Waals surface area (Å²) < 4.78 is 49.6. The second-order valence-corrected chi connectivity index (χ2v) is 7.14. The Bertz CT molecular complexity index is 425. The number of hydrogen-bond donors (Lipinski definition) is 1. The topological polar surface area (TPSA) is 55.8 Å². The van der Waals surface area contributed by atoms with Gasteiger partial charge in [0.25, 0.3) is 0 Å². The Kier molecular flexibility index (Phi) is 3.59. The molecule has 2 saturated heterocycles. The maximum absolute atomic E-state index is 13.3. The molecule has 0 saturated carbocycles. The van der Waals surface area contributed by atoms with Crippen molar-refractivity contribution in [3.63, 3.8) is 0 Å². The molecule has 0 spiro atoms. The van der Waals surface area contributed by atoms with E-state index in [1.165, 1.54) is 0 Å². The van der Waals surface area contributed by atoms with Crippen LogP contribution in [0.4, 0.5) is 13.2 Å². The smallest absolute Gasteiger partial charge is 0.427 e. The van der Waals surface area contributed by atoms with Crippen LogP contribution in [0.2, 0.25) is 0 Å².